The van der Waals surface area contributed by atoms with E-state index in [2.05, 4.69) is 51.1 Å². The van der Waals surface area contributed by atoms with Crippen LogP contribution in [0, 0.1) is 6.92 Å². The summed E-state index contributed by atoms with van der Waals surface area (Å²) in [7, 11) is 1.40. The maximum atomic E-state index is 10.9. The van der Waals surface area contributed by atoms with Crippen molar-refractivity contribution in [1.29, 1.82) is 0 Å². The molecule has 3 nitrogen and oxygen atoms in total. The quantitative estimate of drug-likeness (QED) is 0.667. The molecule has 0 saturated carbocycles. The Balaban J connectivity index is 2.35. The van der Waals surface area contributed by atoms with Gasteiger partial charge in [-0.25, -0.2) is 0 Å². The molecule has 88 valence electrons. The molecule has 0 bridgehead atoms. The van der Waals surface area contributed by atoms with Gasteiger partial charge in [0.05, 0.1) is 13.5 Å². The number of aryl methyl sites for hydroxylation is 1. The van der Waals surface area contributed by atoms with E-state index in [1.807, 2.05) is 0 Å². The summed E-state index contributed by atoms with van der Waals surface area (Å²) >= 11 is 3.51. The Morgan fingerprint density at radius 2 is 2.25 bits per heavy atom. The molecule has 16 heavy (non-hydrogen) atoms. The minimum absolute atomic E-state index is 0.185. The average Bonchev–Trinajstić information content (AvgIpc) is 2.26. The third-order valence-corrected chi connectivity index (χ3v) is 3.00. The summed E-state index contributed by atoms with van der Waals surface area (Å²) in [6, 6.07) is 6.23. The van der Waals surface area contributed by atoms with Crippen LogP contribution in [0.2, 0.25) is 0 Å². The molecule has 0 radical (unpaired) electrons. The largest absolute Gasteiger partial charge is 0.469 e. The molecule has 0 aromatic heterocycles. The molecule has 0 fully saturated rings. The van der Waals surface area contributed by atoms with Gasteiger partial charge in [0.1, 0.15) is 0 Å². The molecule has 0 unspecified atom stereocenters. The van der Waals surface area contributed by atoms with Crippen molar-refractivity contribution in [3.8, 4) is 0 Å². The predicted molar refractivity (Wildman–Crippen MR) is 67.2 cm³/mol. The second-order valence-electron chi connectivity index (χ2n) is 3.60. The van der Waals surface area contributed by atoms with Gasteiger partial charge in [0.15, 0.2) is 0 Å². The van der Waals surface area contributed by atoms with Gasteiger partial charge in [0.2, 0.25) is 0 Å². The van der Waals surface area contributed by atoms with Crippen LogP contribution < -0.4 is 5.32 Å². The van der Waals surface area contributed by atoms with E-state index >= 15 is 0 Å². The zero-order chi connectivity index (χ0) is 12.0. The van der Waals surface area contributed by atoms with Crippen LogP contribution in [-0.2, 0) is 16.1 Å². The van der Waals surface area contributed by atoms with Gasteiger partial charge in [0.25, 0.3) is 0 Å². The van der Waals surface area contributed by atoms with Crippen molar-refractivity contribution in [3.05, 3.63) is 33.8 Å². The molecule has 0 aliphatic carbocycles. The third kappa shape index (κ3) is 4.33. The van der Waals surface area contributed by atoms with Gasteiger partial charge in [0, 0.05) is 17.6 Å². The first-order valence-corrected chi connectivity index (χ1v) is 5.95. The highest BCUT2D eigenvalue weighted by atomic mass is 79.9. The van der Waals surface area contributed by atoms with Crippen LogP contribution in [-0.4, -0.2) is 19.6 Å². The average molecular weight is 286 g/mol. The summed E-state index contributed by atoms with van der Waals surface area (Å²) in [6.07, 6.45) is 0.403. The van der Waals surface area contributed by atoms with Crippen molar-refractivity contribution >= 4 is 21.9 Å². The monoisotopic (exact) mass is 285 g/mol. The van der Waals surface area contributed by atoms with Crippen molar-refractivity contribution < 1.29 is 9.53 Å². The topological polar surface area (TPSA) is 38.3 Å². The Hall–Kier alpha value is -0.870. The molecular formula is C12H16BrNO2. The van der Waals surface area contributed by atoms with Gasteiger partial charge >= 0.3 is 5.97 Å². The Kier molecular flexibility index (Phi) is 5.49. The van der Waals surface area contributed by atoms with Crippen LogP contribution in [0.15, 0.2) is 22.7 Å². The lowest BCUT2D eigenvalue weighted by molar-refractivity contribution is -0.140. The SMILES string of the molecule is COC(=O)CCNCc1ccc(C)cc1Br. The molecule has 0 amide bonds. The Morgan fingerprint density at radius 3 is 2.88 bits per heavy atom. The number of carbonyl (C=O) groups excluding carboxylic acids is 1. The molecule has 1 N–H and O–H groups in total. The van der Waals surface area contributed by atoms with E-state index in [-0.39, 0.29) is 5.97 Å². The second-order valence-corrected chi connectivity index (χ2v) is 4.45. The van der Waals surface area contributed by atoms with Crippen molar-refractivity contribution in [3.63, 3.8) is 0 Å². The predicted octanol–water partition coefficient (Wildman–Crippen LogP) is 2.41. The van der Waals surface area contributed by atoms with Crippen LogP contribution in [0.3, 0.4) is 0 Å². The maximum absolute atomic E-state index is 10.9. The first kappa shape index (κ1) is 13.2. The lowest BCUT2D eigenvalue weighted by Gasteiger charge is -2.07. The lowest BCUT2D eigenvalue weighted by atomic mass is 10.1. The number of esters is 1. The highest BCUT2D eigenvalue weighted by molar-refractivity contribution is 9.10. The van der Waals surface area contributed by atoms with Gasteiger partial charge in [-0.3, -0.25) is 4.79 Å². The Labute approximate surface area is 104 Å². The maximum Gasteiger partial charge on any atom is 0.306 e. The molecule has 0 spiro atoms. The van der Waals surface area contributed by atoms with Crippen LogP contribution in [0.5, 0.6) is 0 Å². The first-order valence-electron chi connectivity index (χ1n) is 5.16. The number of hydrogen-bond donors (Lipinski definition) is 1. The minimum atomic E-state index is -0.185. The van der Waals surface area contributed by atoms with E-state index in [9.17, 15) is 4.79 Å². The van der Waals surface area contributed by atoms with E-state index in [0.717, 1.165) is 11.0 Å². The zero-order valence-electron chi connectivity index (χ0n) is 9.55. The fourth-order valence-corrected chi connectivity index (χ4v) is 1.94. The summed E-state index contributed by atoms with van der Waals surface area (Å²) < 4.78 is 5.65. The van der Waals surface area contributed by atoms with Crippen molar-refractivity contribution in [2.45, 2.75) is 19.9 Å². The summed E-state index contributed by atoms with van der Waals surface area (Å²) in [5, 5.41) is 3.20. The summed E-state index contributed by atoms with van der Waals surface area (Å²) in [5.74, 6) is -0.185. The number of ether oxygens (including phenoxy) is 1. The number of halogens is 1. The third-order valence-electron chi connectivity index (χ3n) is 2.26. The van der Waals surface area contributed by atoms with Crippen LogP contribution in [0.4, 0.5) is 0 Å². The summed E-state index contributed by atoms with van der Waals surface area (Å²) in [5.41, 5.74) is 2.42. The van der Waals surface area contributed by atoms with E-state index in [0.29, 0.717) is 13.0 Å². The van der Waals surface area contributed by atoms with Crippen molar-refractivity contribution in [1.82, 2.24) is 5.32 Å². The first-order chi connectivity index (χ1) is 7.63. The Morgan fingerprint density at radius 1 is 1.50 bits per heavy atom. The molecule has 0 aliphatic heterocycles. The number of rotatable bonds is 5. The highest BCUT2D eigenvalue weighted by Gasteiger charge is 2.01. The molecule has 1 rings (SSSR count). The van der Waals surface area contributed by atoms with Crippen molar-refractivity contribution in [2.24, 2.45) is 0 Å². The molecule has 0 heterocycles. The summed E-state index contributed by atoms with van der Waals surface area (Å²) in [4.78, 5) is 10.9. The van der Waals surface area contributed by atoms with Crippen LogP contribution in [0.25, 0.3) is 0 Å². The molecule has 0 atom stereocenters. The van der Waals surface area contributed by atoms with Gasteiger partial charge < -0.3 is 10.1 Å². The lowest BCUT2D eigenvalue weighted by Crippen LogP contribution is -2.18. The number of methoxy groups -OCH3 is 1. The Bertz CT molecular complexity index is 366. The van der Waals surface area contributed by atoms with Gasteiger partial charge in [-0.15, -0.1) is 0 Å². The van der Waals surface area contributed by atoms with Crippen molar-refractivity contribution in [2.75, 3.05) is 13.7 Å². The molecule has 0 aliphatic rings. The zero-order valence-corrected chi connectivity index (χ0v) is 11.1. The molecule has 0 saturated heterocycles. The molecular weight excluding hydrogens is 270 g/mol. The van der Waals surface area contributed by atoms with Gasteiger partial charge in [-0.05, 0) is 24.1 Å². The normalized spacial score (nSPS) is 10.2. The number of benzene rings is 1. The van der Waals surface area contributed by atoms with Gasteiger partial charge in [-0.1, -0.05) is 28.1 Å². The number of carbonyl (C=O) groups is 1. The van der Waals surface area contributed by atoms with E-state index in [4.69, 9.17) is 0 Å². The minimum Gasteiger partial charge on any atom is -0.469 e. The summed E-state index contributed by atoms with van der Waals surface area (Å²) in [6.45, 7) is 3.43. The number of hydrogen-bond acceptors (Lipinski definition) is 3. The van der Waals surface area contributed by atoms with Crippen LogP contribution in [0.1, 0.15) is 17.5 Å². The van der Waals surface area contributed by atoms with E-state index < -0.39 is 0 Å². The van der Waals surface area contributed by atoms with E-state index in [1.54, 1.807) is 0 Å². The highest BCUT2D eigenvalue weighted by Crippen LogP contribution is 2.17. The molecule has 1 aromatic rings. The van der Waals surface area contributed by atoms with Crippen LogP contribution >= 0.6 is 15.9 Å². The fraction of sp³-hybridized carbons (Fsp3) is 0.417. The second kappa shape index (κ2) is 6.66. The fourth-order valence-electron chi connectivity index (χ4n) is 1.31. The molecule has 1 aromatic carbocycles. The number of nitrogens with one attached hydrogen (secondary N) is 1. The smallest absolute Gasteiger partial charge is 0.306 e. The molecule has 4 heteroatoms. The van der Waals surface area contributed by atoms with Gasteiger partial charge in [-0.2, -0.15) is 0 Å². The van der Waals surface area contributed by atoms with E-state index in [1.165, 1.54) is 18.2 Å². The standard InChI is InChI=1S/C12H16BrNO2/c1-9-3-4-10(11(13)7-9)8-14-6-5-12(15)16-2/h3-4,7,14H,5-6,8H2,1-2H3.